The minimum atomic E-state index is -0.0826. The van der Waals surface area contributed by atoms with Crippen LogP contribution in [0.25, 0.3) is 0 Å². The SMILES string of the molecule is Cn1cc(NC(=O)C2CC(c3ccccc3)C2)ccc1=O. The molecule has 1 saturated carbocycles. The van der Waals surface area contributed by atoms with E-state index in [1.807, 2.05) is 18.2 Å². The fourth-order valence-corrected chi connectivity index (χ4v) is 2.74. The van der Waals surface area contributed by atoms with Gasteiger partial charge in [0.2, 0.25) is 11.5 Å². The first-order chi connectivity index (χ1) is 10.1. The molecule has 0 radical (unpaired) electrons. The lowest BCUT2D eigenvalue weighted by molar-refractivity contribution is -0.122. The maximum Gasteiger partial charge on any atom is 0.250 e. The number of hydrogen-bond acceptors (Lipinski definition) is 2. The average molecular weight is 282 g/mol. The van der Waals surface area contributed by atoms with Crippen molar-refractivity contribution in [3.8, 4) is 0 Å². The second-order valence-corrected chi connectivity index (χ2v) is 5.63. The van der Waals surface area contributed by atoms with Crippen LogP contribution in [-0.2, 0) is 11.8 Å². The number of aromatic nitrogens is 1. The largest absolute Gasteiger partial charge is 0.325 e. The van der Waals surface area contributed by atoms with Gasteiger partial charge in [-0.2, -0.15) is 0 Å². The third-order valence-corrected chi connectivity index (χ3v) is 4.13. The van der Waals surface area contributed by atoms with Gasteiger partial charge in [0.1, 0.15) is 0 Å². The highest BCUT2D eigenvalue weighted by molar-refractivity contribution is 5.93. The third kappa shape index (κ3) is 2.89. The Morgan fingerprint density at radius 3 is 2.52 bits per heavy atom. The number of pyridine rings is 1. The highest BCUT2D eigenvalue weighted by Crippen LogP contribution is 2.41. The molecule has 1 aromatic carbocycles. The first-order valence-corrected chi connectivity index (χ1v) is 7.16. The second kappa shape index (κ2) is 5.56. The standard InChI is InChI=1S/C17H18N2O2/c1-19-11-15(7-8-16(19)20)18-17(21)14-9-13(10-14)12-5-3-2-4-6-12/h2-8,11,13-14H,9-10H2,1H3,(H,18,21). The Labute approximate surface area is 123 Å². The van der Waals surface area contributed by atoms with Crippen molar-refractivity contribution in [2.75, 3.05) is 5.32 Å². The third-order valence-electron chi connectivity index (χ3n) is 4.13. The molecule has 3 rings (SSSR count). The average Bonchev–Trinajstić information content (AvgIpc) is 2.42. The van der Waals surface area contributed by atoms with Gasteiger partial charge >= 0.3 is 0 Å². The summed E-state index contributed by atoms with van der Waals surface area (Å²) in [6, 6.07) is 13.4. The van der Waals surface area contributed by atoms with E-state index >= 15 is 0 Å². The fourth-order valence-electron chi connectivity index (χ4n) is 2.74. The lowest BCUT2D eigenvalue weighted by atomic mass is 9.71. The van der Waals surface area contributed by atoms with Crippen LogP contribution in [0.15, 0.2) is 53.5 Å². The Morgan fingerprint density at radius 1 is 1.14 bits per heavy atom. The lowest BCUT2D eigenvalue weighted by Crippen LogP contribution is -2.33. The van der Waals surface area contributed by atoms with Crippen LogP contribution in [0.1, 0.15) is 24.3 Å². The van der Waals surface area contributed by atoms with Gasteiger partial charge in [-0.25, -0.2) is 0 Å². The van der Waals surface area contributed by atoms with Gasteiger partial charge in [-0.05, 0) is 30.4 Å². The Hall–Kier alpha value is -2.36. The molecule has 0 saturated heterocycles. The summed E-state index contributed by atoms with van der Waals surface area (Å²) < 4.78 is 1.46. The molecule has 1 aliphatic rings. The molecular formula is C17H18N2O2. The molecule has 0 atom stereocenters. The van der Waals surface area contributed by atoms with Crippen molar-refractivity contribution in [1.82, 2.24) is 4.57 Å². The monoisotopic (exact) mass is 282 g/mol. The highest BCUT2D eigenvalue weighted by atomic mass is 16.2. The van der Waals surface area contributed by atoms with Gasteiger partial charge in [0, 0.05) is 25.2 Å². The van der Waals surface area contributed by atoms with Crippen LogP contribution in [0.4, 0.5) is 5.69 Å². The number of aryl methyl sites for hydroxylation is 1. The molecule has 1 fully saturated rings. The van der Waals surface area contributed by atoms with E-state index in [0.29, 0.717) is 11.6 Å². The van der Waals surface area contributed by atoms with E-state index in [1.165, 1.54) is 16.2 Å². The molecular weight excluding hydrogens is 264 g/mol. The maximum atomic E-state index is 12.2. The molecule has 0 aliphatic heterocycles. The Bertz CT molecular complexity index is 700. The molecule has 4 nitrogen and oxygen atoms in total. The van der Waals surface area contributed by atoms with Gasteiger partial charge in [-0.15, -0.1) is 0 Å². The quantitative estimate of drug-likeness (QED) is 0.940. The van der Waals surface area contributed by atoms with Crippen molar-refractivity contribution in [3.63, 3.8) is 0 Å². The number of carbonyl (C=O) groups excluding carboxylic acids is 1. The summed E-state index contributed by atoms with van der Waals surface area (Å²) in [6.07, 6.45) is 3.43. The maximum absolute atomic E-state index is 12.2. The van der Waals surface area contributed by atoms with E-state index in [1.54, 1.807) is 19.3 Å². The minimum Gasteiger partial charge on any atom is -0.325 e. The van der Waals surface area contributed by atoms with Gasteiger partial charge in [0.15, 0.2) is 0 Å². The second-order valence-electron chi connectivity index (χ2n) is 5.63. The number of benzene rings is 1. The number of carbonyl (C=O) groups is 1. The molecule has 0 unspecified atom stereocenters. The minimum absolute atomic E-state index is 0.0424. The smallest absolute Gasteiger partial charge is 0.250 e. The van der Waals surface area contributed by atoms with Crippen LogP contribution in [0.3, 0.4) is 0 Å². The molecule has 0 spiro atoms. The van der Waals surface area contributed by atoms with Crippen LogP contribution in [0.2, 0.25) is 0 Å². The Morgan fingerprint density at radius 2 is 1.86 bits per heavy atom. The zero-order chi connectivity index (χ0) is 14.8. The number of nitrogens with one attached hydrogen (secondary N) is 1. The molecule has 1 aliphatic carbocycles. The molecule has 1 N–H and O–H groups in total. The van der Waals surface area contributed by atoms with Crippen molar-refractivity contribution in [3.05, 3.63) is 64.6 Å². The van der Waals surface area contributed by atoms with Crippen molar-refractivity contribution in [2.24, 2.45) is 13.0 Å². The molecule has 1 heterocycles. The Kier molecular flexibility index (Phi) is 3.60. The summed E-state index contributed by atoms with van der Waals surface area (Å²) in [7, 11) is 1.67. The van der Waals surface area contributed by atoms with Crippen molar-refractivity contribution in [2.45, 2.75) is 18.8 Å². The van der Waals surface area contributed by atoms with Gasteiger partial charge < -0.3 is 9.88 Å². The number of hydrogen-bond donors (Lipinski definition) is 1. The van der Waals surface area contributed by atoms with Crippen molar-refractivity contribution < 1.29 is 4.79 Å². The van der Waals surface area contributed by atoms with E-state index in [0.717, 1.165) is 12.8 Å². The van der Waals surface area contributed by atoms with E-state index in [4.69, 9.17) is 0 Å². The first-order valence-electron chi connectivity index (χ1n) is 7.16. The van der Waals surface area contributed by atoms with Crippen LogP contribution >= 0.6 is 0 Å². The lowest BCUT2D eigenvalue weighted by Gasteiger charge is -2.34. The molecule has 21 heavy (non-hydrogen) atoms. The summed E-state index contributed by atoms with van der Waals surface area (Å²) in [4.78, 5) is 23.5. The van der Waals surface area contributed by atoms with Gasteiger partial charge in [0.25, 0.3) is 0 Å². The summed E-state index contributed by atoms with van der Waals surface area (Å²) in [6.45, 7) is 0. The molecule has 2 aromatic rings. The summed E-state index contributed by atoms with van der Waals surface area (Å²) in [5.74, 6) is 0.593. The fraction of sp³-hybridized carbons (Fsp3) is 0.294. The van der Waals surface area contributed by atoms with E-state index in [2.05, 4.69) is 17.4 Å². The topological polar surface area (TPSA) is 51.1 Å². The van der Waals surface area contributed by atoms with Crippen LogP contribution in [0.5, 0.6) is 0 Å². The van der Waals surface area contributed by atoms with Crippen LogP contribution in [-0.4, -0.2) is 10.5 Å². The predicted octanol–water partition coefficient (Wildman–Crippen LogP) is 2.52. The highest BCUT2D eigenvalue weighted by Gasteiger charge is 2.35. The van der Waals surface area contributed by atoms with E-state index in [-0.39, 0.29) is 17.4 Å². The number of rotatable bonds is 3. The summed E-state index contributed by atoms with van der Waals surface area (Å²) in [5.41, 5.74) is 1.90. The predicted molar refractivity (Wildman–Crippen MR) is 82.2 cm³/mol. The zero-order valence-corrected chi connectivity index (χ0v) is 12.0. The molecule has 4 heteroatoms. The van der Waals surface area contributed by atoms with E-state index < -0.39 is 0 Å². The number of anilines is 1. The van der Waals surface area contributed by atoms with E-state index in [9.17, 15) is 9.59 Å². The van der Waals surface area contributed by atoms with Gasteiger partial charge in [0.05, 0.1) is 5.69 Å². The number of nitrogens with zero attached hydrogens (tertiary/aromatic N) is 1. The van der Waals surface area contributed by atoms with Gasteiger partial charge in [-0.1, -0.05) is 30.3 Å². The molecule has 0 bridgehead atoms. The van der Waals surface area contributed by atoms with Crippen LogP contribution in [0, 0.1) is 5.92 Å². The zero-order valence-electron chi connectivity index (χ0n) is 12.0. The Balaban J connectivity index is 1.58. The molecule has 108 valence electrons. The molecule has 1 aromatic heterocycles. The van der Waals surface area contributed by atoms with Crippen LogP contribution < -0.4 is 10.9 Å². The normalized spacial score (nSPS) is 20.6. The van der Waals surface area contributed by atoms with Gasteiger partial charge in [-0.3, -0.25) is 9.59 Å². The summed E-state index contributed by atoms with van der Waals surface area (Å²) in [5, 5.41) is 2.89. The first kappa shape index (κ1) is 13.6. The van der Waals surface area contributed by atoms with Crippen molar-refractivity contribution >= 4 is 11.6 Å². The van der Waals surface area contributed by atoms with Crippen molar-refractivity contribution in [1.29, 1.82) is 0 Å². The summed E-state index contributed by atoms with van der Waals surface area (Å²) >= 11 is 0. The molecule has 1 amide bonds. The number of amides is 1.